The fourth-order valence-corrected chi connectivity index (χ4v) is 2.65. The third-order valence-corrected chi connectivity index (χ3v) is 3.94. The number of benzene rings is 1. The summed E-state index contributed by atoms with van der Waals surface area (Å²) in [6.45, 7) is 0. The number of fused-ring (bicyclic) bond motifs is 1. The molecule has 3 rings (SSSR count). The second-order valence-corrected chi connectivity index (χ2v) is 5.28. The number of para-hydroxylation sites is 1. The van der Waals surface area contributed by atoms with E-state index in [1.165, 1.54) is 29.0 Å². The van der Waals surface area contributed by atoms with E-state index in [2.05, 4.69) is 4.99 Å². The summed E-state index contributed by atoms with van der Waals surface area (Å²) >= 11 is 1.38. The highest BCUT2D eigenvalue weighted by atomic mass is 32.2. The minimum absolute atomic E-state index is 0.174. The van der Waals surface area contributed by atoms with Gasteiger partial charge in [-0.3, -0.25) is 14.5 Å². The highest BCUT2D eigenvalue weighted by molar-refractivity contribution is 8.13. The summed E-state index contributed by atoms with van der Waals surface area (Å²) in [5.74, 6) is -0.230. The standard InChI is InChI=1S/C15H12N2O3S/c1-17-14(19)11(16-15(17)21-2)7-9-8-20-12-6-4-3-5-10(12)13(9)18/h3-8H,1-2H3/b11-7+. The number of thioether (sulfide) groups is 1. The molecule has 0 spiro atoms. The number of carbonyl (C=O) groups is 1. The molecule has 2 aromatic rings. The molecule has 0 bridgehead atoms. The van der Waals surface area contributed by atoms with Crippen molar-refractivity contribution in [1.82, 2.24) is 4.90 Å². The molecule has 1 aliphatic heterocycles. The van der Waals surface area contributed by atoms with Gasteiger partial charge < -0.3 is 4.42 Å². The van der Waals surface area contributed by atoms with Crippen LogP contribution in [0.3, 0.4) is 0 Å². The van der Waals surface area contributed by atoms with E-state index >= 15 is 0 Å². The third-order valence-electron chi connectivity index (χ3n) is 3.21. The number of hydrogen-bond donors (Lipinski definition) is 0. The zero-order valence-electron chi connectivity index (χ0n) is 11.5. The highest BCUT2D eigenvalue weighted by Crippen LogP contribution is 2.21. The summed E-state index contributed by atoms with van der Waals surface area (Å²) in [5.41, 5.74) is 0.904. The van der Waals surface area contributed by atoms with Crippen molar-refractivity contribution in [2.75, 3.05) is 13.3 Å². The summed E-state index contributed by atoms with van der Waals surface area (Å²) < 4.78 is 5.43. The Kier molecular flexibility index (Phi) is 3.39. The number of aliphatic imine (C=N–C) groups is 1. The van der Waals surface area contributed by atoms with Crippen LogP contribution in [0.5, 0.6) is 0 Å². The van der Waals surface area contributed by atoms with Gasteiger partial charge in [-0.15, -0.1) is 0 Å². The second kappa shape index (κ2) is 5.21. The lowest BCUT2D eigenvalue weighted by atomic mass is 10.1. The molecule has 0 unspecified atom stereocenters. The van der Waals surface area contributed by atoms with Crippen LogP contribution in [0.15, 0.2) is 50.4 Å². The third kappa shape index (κ3) is 2.27. The van der Waals surface area contributed by atoms with Gasteiger partial charge in [-0.05, 0) is 24.5 Å². The Labute approximate surface area is 125 Å². The number of nitrogens with zero attached hydrogens (tertiary/aromatic N) is 2. The van der Waals surface area contributed by atoms with E-state index in [9.17, 15) is 9.59 Å². The molecule has 1 amide bonds. The molecular weight excluding hydrogens is 288 g/mol. The summed E-state index contributed by atoms with van der Waals surface area (Å²) in [6, 6.07) is 7.00. The van der Waals surface area contributed by atoms with E-state index in [1.807, 2.05) is 6.26 Å². The Bertz CT molecular complexity index is 851. The molecule has 106 valence electrons. The van der Waals surface area contributed by atoms with Gasteiger partial charge in [0, 0.05) is 7.05 Å². The van der Waals surface area contributed by atoms with Crippen molar-refractivity contribution in [1.29, 1.82) is 0 Å². The summed E-state index contributed by atoms with van der Waals surface area (Å²) in [5, 5.41) is 1.09. The predicted octanol–water partition coefficient (Wildman–Crippen LogP) is 2.32. The molecule has 0 radical (unpaired) electrons. The van der Waals surface area contributed by atoms with Crippen molar-refractivity contribution in [2.24, 2.45) is 4.99 Å². The molecule has 0 saturated carbocycles. The van der Waals surface area contributed by atoms with Crippen LogP contribution in [-0.2, 0) is 4.79 Å². The Balaban J connectivity index is 2.12. The van der Waals surface area contributed by atoms with Crippen LogP contribution >= 0.6 is 11.8 Å². The maximum absolute atomic E-state index is 12.4. The molecule has 0 aliphatic carbocycles. The lowest BCUT2D eigenvalue weighted by Crippen LogP contribution is -2.25. The van der Waals surface area contributed by atoms with E-state index in [-0.39, 0.29) is 17.0 Å². The zero-order chi connectivity index (χ0) is 15.0. The minimum Gasteiger partial charge on any atom is -0.463 e. The Hall–Kier alpha value is -2.34. The largest absolute Gasteiger partial charge is 0.463 e. The monoisotopic (exact) mass is 300 g/mol. The number of likely N-dealkylation sites (N-methyl/N-ethyl adjacent to an activating group) is 1. The van der Waals surface area contributed by atoms with Gasteiger partial charge in [-0.2, -0.15) is 0 Å². The van der Waals surface area contributed by atoms with Crippen molar-refractivity contribution >= 4 is 39.9 Å². The number of carbonyl (C=O) groups excluding carboxylic acids is 1. The first kappa shape index (κ1) is 13.6. The van der Waals surface area contributed by atoms with Crippen LogP contribution in [-0.4, -0.2) is 29.3 Å². The van der Waals surface area contributed by atoms with Crippen molar-refractivity contribution in [2.45, 2.75) is 0 Å². The van der Waals surface area contributed by atoms with Gasteiger partial charge in [0.15, 0.2) is 10.6 Å². The first-order valence-electron chi connectivity index (χ1n) is 6.25. The zero-order valence-corrected chi connectivity index (χ0v) is 12.3. The van der Waals surface area contributed by atoms with Crippen LogP contribution in [0.1, 0.15) is 5.56 Å². The molecule has 0 N–H and O–H groups in total. The quantitative estimate of drug-likeness (QED) is 0.758. The molecule has 1 aromatic carbocycles. The molecular formula is C15H12N2O3S. The van der Waals surface area contributed by atoms with Crippen LogP contribution in [0.25, 0.3) is 17.0 Å². The Morgan fingerprint density at radius 3 is 2.76 bits per heavy atom. The second-order valence-electron chi connectivity index (χ2n) is 4.51. The molecule has 1 aliphatic rings. The summed E-state index contributed by atoms with van der Waals surface area (Å²) in [6.07, 6.45) is 4.67. The fraction of sp³-hybridized carbons (Fsp3) is 0.133. The van der Waals surface area contributed by atoms with Crippen molar-refractivity contribution in [3.8, 4) is 0 Å². The highest BCUT2D eigenvalue weighted by Gasteiger charge is 2.26. The maximum atomic E-state index is 12.4. The number of amidine groups is 1. The van der Waals surface area contributed by atoms with Crippen LogP contribution in [0, 0.1) is 0 Å². The van der Waals surface area contributed by atoms with Crippen molar-refractivity contribution in [3.05, 3.63) is 52.0 Å². The molecule has 0 atom stereocenters. The van der Waals surface area contributed by atoms with Gasteiger partial charge in [0.05, 0.1) is 10.9 Å². The number of hydrogen-bond acceptors (Lipinski definition) is 5. The first-order valence-corrected chi connectivity index (χ1v) is 7.47. The maximum Gasteiger partial charge on any atom is 0.278 e. The SMILES string of the molecule is CSC1=N/C(=C/c2coc3ccccc3c2=O)C(=O)N1C. The molecule has 6 heteroatoms. The summed E-state index contributed by atoms with van der Waals surface area (Å²) in [7, 11) is 1.65. The van der Waals surface area contributed by atoms with Crippen LogP contribution in [0.2, 0.25) is 0 Å². The molecule has 2 heterocycles. The van der Waals surface area contributed by atoms with E-state index in [1.54, 1.807) is 31.3 Å². The molecule has 0 fully saturated rings. The molecule has 0 saturated heterocycles. The van der Waals surface area contributed by atoms with Gasteiger partial charge in [0.25, 0.3) is 5.91 Å². The number of amides is 1. The average molecular weight is 300 g/mol. The van der Waals surface area contributed by atoms with Gasteiger partial charge in [-0.25, -0.2) is 4.99 Å². The number of rotatable bonds is 1. The minimum atomic E-state index is -0.230. The van der Waals surface area contributed by atoms with Gasteiger partial charge in [0.1, 0.15) is 17.5 Å². The van der Waals surface area contributed by atoms with E-state index < -0.39 is 0 Å². The lowest BCUT2D eigenvalue weighted by molar-refractivity contribution is -0.121. The van der Waals surface area contributed by atoms with E-state index in [0.717, 1.165) is 0 Å². The Morgan fingerprint density at radius 1 is 1.29 bits per heavy atom. The van der Waals surface area contributed by atoms with Crippen LogP contribution < -0.4 is 5.43 Å². The molecule has 1 aromatic heterocycles. The average Bonchev–Trinajstić information content (AvgIpc) is 2.78. The molecule has 5 nitrogen and oxygen atoms in total. The van der Waals surface area contributed by atoms with Crippen molar-refractivity contribution < 1.29 is 9.21 Å². The topological polar surface area (TPSA) is 62.9 Å². The smallest absolute Gasteiger partial charge is 0.278 e. The van der Waals surface area contributed by atoms with Gasteiger partial charge in [-0.1, -0.05) is 23.9 Å². The first-order chi connectivity index (χ1) is 10.1. The molecule has 21 heavy (non-hydrogen) atoms. The fourth-order valence-electron chi connectivity index (χ4n) is 2.10. The van der Waals surface area contributed by atoms with E-state index in [0.29, 0.717) is 21.7 Å². The van der Waals surface area contributed by atoms with Crippen molar-refractivity contribution in [3.63, 3.8) is 0 Å². The lowest BCUT2D eigenvalue weighted by Gasteiger charge is -2.07. The van der Waals surface area contributed by atoms with Crippen LogP contribution in [0.4, 0.5) is 0 Å². The van der Waals surface area contributed by atoms with E-state index in [4.69, 9.17) is 4.42 Å². The summed E-state index contributed by atoms with van der Waals surface area (Å²) in [4.78, 5) is 30.1. The Morgan fingerprint density at radius 2 is 2.05 bits per heavy atom. The van der Waals surface area contributed by atoms with Gasteiger partial charge >= 0.3 is 0 Å². The van der Waals surface area contributed by atoms with Gasteiger partial charge in [0.2, 0.25) is 0 Å². The predicted molar refractivity (Wildman–Crippen MR) is 84.2 cm³/mol. The normalized spacial score (nSPS) is 16.9.